The maximum absolute atomic E-state index is 10.8. The second-order valence-corrected chi connectivity index (χ2v) is 5.67. The fourth-order valence-corrected chi connectivity index (χ4v) is 3.88. The molecule has 1 N–H and O–H groups in total. The van der Waals surface area contributed by atoms with Crippen LogP contribution < -0.4 is 0 Å². The van der Waals surface area contributed by atoms with Crippen molar-refractivity contribution in [3.8, 4) is 0 Å². The first-order valence-corrected chi connectivity index (χ1v) is 7.05. The maximum atomic E-state index is 10.8. The van der Waals surface area contributed by atoms with Crippen molar-refractivity contribution in [1.82, 2.24) is 9.38 Å². The van der Waals surface area contributed by atoms with Crippen LogP contribution in [0, 0.1) is 0 Å². The average Bonchev–Trinajstić information content (AvgIpc) is 2.77. The Morgan fingerprint density at radius 3 is 3.31 bits per heavy atom. The highest BCUT2D eigenvalue weighted by Gasteiger charge is 2.20. The normalized spacial score (nSPS) is 15.2. The highest BCUT2D eigenvalue weighted by atomic mass is 32.2. The van der Waals surface area contributed by atoms with E-state index in [1.165, 1.54) is 17.0 Å². The molecule has 0 unspecified atom stereocenters. The van der Waals surface area contributed by atoms with Crippen molar-refractivity contribution in [3.05, 3.63) is 22.5 Å². The predicted octanol–water partition coefficient (Wildman–Crippen LogP) is 1.81. The minimum atomic E-state index is -0.786. The van der Waals surface area contributed by atoms with E-state index in [2.05, 4.69) is 4.98 Å². The molecule has 0 aliphatic carbocycles. The van der Waals surface area contributed by atoms with E-state index in [1.54, 1.807) is 0 Å². The summed E-state index contributed by atoms with van der Waals surface area (Å²) < 4.78 is 2.03. The Morgan fingerprint density at radius 1 is 1.62 bits per heavy atom. The molecule has 0 aromatic carbocycles. The number of carbonyl (C=O) groups is 1. The van der Waals surface area contributed by atoms with Gasteiger partial charge in [0.15, 0.2) is 4.96 Å². The number of hydrogen-bond acceptors (Lipinski definition) is 4. The molecule has 0 saturated heterocycles. The second-order valence-electron chi connectivity index (χ2n) is 3.72. The van der Waals surface area contributed by atoms with Crippen molar-refractivity contribution in [3.63, 3.8) is 0 Å². The van der Waals surface area contributed by atoms with Gasteiger partial charge in [-0.15, -0.1) is 11.3 Å². The summed E-state index contributed by atoms with van der Waals surface area (Å²) in [4.78, 5) is 16.3. The fourth-order valence-electron chi connectivity index (χ4n) is 1.98. The quantitative estimate of drug-likeness (QED) is 0.888. The van der Waals surface area contributed by atoms with Crippen LogP contribution in [-0.4, -0.2) is 26.2 Å². The minimum absolute atomic E-state index is 0.0769. The van der Waals surface area contributed by atoms with Gasteiger partial charge in [0.05, 0.1) is 17.8 Å². The number of imidazole rings is 1. The Kier molecular flexibility index (Phi) is 2.40. The first kappa shape index (κ1) is 10.2. The molecular weight excluding hydrogens is 244 g/mol. The number of aliphatic carboxylic acids is 1. The lowest BCUT2D eigenvalue weighted by molar-refractivity contribution is -0.136. The van der Waals surface area contributed by atoms with E-state index in [0.717, 1.165) is 34.3 Å². The average molecular weight is 254 g/mol. The third kappa shape index (κ3) is 1.53. The molecule has 2 aromatic heterocycles. The van der Waals surface area contributed by atoms with Crippen LogP contribution >= 0.6 is 23.1 Å². The van der Waals surface area contributed by atoms with Gasteiger partial charge >= 0.3 is 5.97 Å². The second kappa shape index (κ2) is 3.78. The van der Waals surface area contributed by atoms with E-state index in [-0.39, 0.29) is 6.42 Å². The summed E-state index contributed by atoms with van der Waals surface area (Å²) in [5.74, 6) is 1.27. The number of hydrogen-bond donors (Lipinski definition) is 1. The first-order valence-electron chi connectivity index (χ1n) is 5.02. The van der Waals surface area contributed by atoms with Crippen molar-refractivity contribution in [2.24, 2.45) is 0 Å². The number of rotatable bonds is 2. The van der Waals surface area contributed by atoms with Gasteiger partial charge in [-0.3, -0.25) is 9.20 Å². The van der Waals surface area contributed by atoms with Crippen LogP contribution in [0.3, 0.4) is 0 Å². The van der Waals surface area contributed by atoms with Crippen molar-refractivity contribution < 1.29 is 9.90 Å². The number of carboxylic acid groups (broad SMARTS) is 1. The summed E-state index contributed by atoms with van der Waals surface area (Å²) in [6, 6.07) is 0. The predicted molar refractivity (Wildman–Crippen MR) is 64.3 cm³/mol. The van der Waals surface area contributed by atoms with Gasteiger partial charge in [0.1, 0.15) is 0 Å². The highest BCUT2D eigenvalue weighted by molar-refractivity contribution is 7.98. The van der Waals surface area contributed by atoms with Crippen molar-refractivity contribution in [1.29, 1.82) is 0 Å². The summed E-state index contributed by atoms with van der Waals surface area (Å²) in [5.41, 5.74) is 3.20. The molecule has 0 spiro atoms. The lowest BCUT2D eigenvalue weighted by Crippen LogP contribution is -2.07. The molecular formula is C10H10N2O2S2. The van der Waals surface area contributed by atoms with Gasteiger partial charge in [0.2, 0.25) is 0 Å². The zero-order valence-electron chi connectivity index (χ0n) is 8.47. The number of aryl methyl sites for hydroxylation is 1. The van der Waals surface area contributed by atoms with Gasteiger partial charge in [-0.05, 0) is 5.75 Å². The molecule has 16 heavy (non-hydrogen) atoms. The molecule has 0 fully saturated rings. The van der Waals surface area contributed by atoms with Crippen LogP contribution in [0.4, 0.5) is 0 Å². The van der Waals surface area contributed by atoms with E-state index < -0.39 is 5.97 Å². The Hall–Kier alpha value is -1.01. The van der Waals surface area contributed by atoms with Crippen molar-refractivity contribution in [2.75, 3.05) is 5.75 Å². The van der Waals surface area contributed by atoms with Crippen molar-refractivity contribution >= 4 is 34.0 Å². The van der Waals surface area contributed by atoms with E-state index in [9.17, 15) is 4.79 Å². The number of nitrogens with zero attached hydrogens (tertiary/aromatic N) is 2. The lowest BCUT2D eigenvalue weighted by Gasteiger charge is -2.10. The highest BCUT2D eigenvalue weighted by Crippen LogP contribution is 2.29. The Bertz CT molecular complexity index is 558. The zero-order valence-corrected chi connectivity index (χ0v) is 10.1. The minimum Gasteiger partial charge on any atom is -0.481 e. The molecule has 0 amide bonds. The summed E-state index contributed by atoms with van der Waals surface area (Å²) in [5, 5.41) is 10.8. The molecule has 1 aliphatic rings. The molecule has 6 heteroatoms. The largest absolute Gasteiger partial charge is 0.481 e. The summed E-state index contributed by atoms with van der Waals surface area (Å²) in [6.45, 7) is 0. The van der Waals surface area contributed by atoms with Crippen LogP contribution in [0.5, 0.6) is 0 Å². The number of thioether (sulfide) groups is 1. The molecule has 3 heterocycles. The topological polar surface area (TPSA) is 54.6 Å². The monoisotopic (exact) mass is 254 g/mol. The Morgan fingerprint density at radius 2 is 2.50 bits per heavy atom. The SMILES string of the molecule is O=C(O)Cc1csc2nc3c(n12)CSCC3. The standard InChI is InChI=1S/C10H10N2O2S2/c13-9(14)3-6-4-16-10-11-7-1-2-15-5-8(7)12(6)10/h4H,1-3,5H2,(H,13,14). The smallest absolute Gasteiger partial charge is 0.309 e. The van der Waals surface area contributed by atoms with Gasteiger partial charge in [0, 0.05) is 23.2 Å². The summed E-state index contributed by atoms with van der Waals surface area (Å²) in [7, 11) is 0. The Labute approximate surface area is 100 Å². The van der Waals surface area contributed by atoms with E-state index in [0.29, 0.717) is 0 Å². The van der Waals surface area contributed by atoms with Gasteiger partial charge < -0.3 is 5.11 Å². The number of fused-ring (bicyclic) bond motifs is 3. The maximum Gasteiger partial charge on any atom is 0.309 e. The van der Waals surface area contributed by atoms with Crippen LogP contribution in [0.2, 0.25) is 0 Å². The number of aromatic nitrogens is 2. The zero-order chi connectivity index (χ0) is 11.1. The first-order chi connectivity index (χ1) is 7.75. The molecule has 3 rings (SSSR count). The van der Waals surface area contributed by atoms with Crippen LogP contribution in [0.25, 0.3) is 4.96 Å². The van der Waals surface area contributed by atoms with Crippen molar-refractivity contribution in [2.45, 2.75) is 18.6 Å². The molecule has 1 aliphatic heterocycles. The molecule has 0 atom stereocenters. The Balaban J connectivity index is 2.16. The van der Waals surface area contributed by atoms with Gasteiger partial charge in [0.25, 0.3) is 0 Å². The fraction of sp³-hybridized carbons (Fsp3) is 0.400. The summed E-state index contributed by atoms with van der Waals surface area (Å²) in [6.07, 6.45) is 1.08. The van der Waals surface area contributed by atoms with Gasteiger partial charge in [-0.1, -0.05) is 0 Å². The van der Waals surface area contributed by atoms with Crippen LogP contribution in [0.15, 0.2) is 5.38 Å². The molecule has 0 saturated carbocycles. The molecule has 84 valence electrons. The van der Waals surface area contributed by atoms with E-state index >= 15 is 0 Å². The number of carboxylic acids is 1. The summed E-state index contributed by atoms with van der Waals surface area (Å²) >= 11 is 3.41. The third-order valence-corrected chi connectivity index (χ3v) is 4.51. The van der Waals surface area contributed by atoms with Crippen LogP contribution in [-0.2, 0) is 23.4 Å². The van der Waals surface area contributed by atoms with Gasteiger partial charge in [-0.25, -0.2) is 4.98 Å². The molecule has 0 bridgehead atoms. The van der Waals surface area contributed by atoms with Crippen LogP contribution in [0.1, 0.15) is 17.1 Å². The number of thiazole rings is 1. The molecule has 4 nitrogen and oxygen atoms in total. The third-order valence-electron chi connectivity index (χ3n) is 2.67. The van der Waals surface area contributed by atoms with E-state index in [1.807, 2.05) is 21.5 Å². The molecule has 2 aromatic rings. The van der Waals surface area contributed by atoms with E-state index in [4.69, 9.17) is 5.11 Å². The molecule has 0 radical (unpaired) electrons. The lowest BCUT2D eigenvalue weighted by atomic mass is 10.2. The van der Waals surface area contributed by atoms with Gasteiger partial charge in [-0.2, -0.15) is 11.8 Å².